The van der Waals surface area contributed by atoms with Crippen LogP contribution in [0.5, 0.6) is 0 Å². The molecule has 0 saturated carbocycles. The number of nitrogens with zero attached hydrogens (tertiary/aromatic N) is 3. The molecule has 3 aromatic carbocycles. The van der Waals surface area contributed by atoms with Gasteiger partial charge in [-0.2, -0.15) is 0 Å². The minimum absolute atomic E-state index is 0.0737. The molecular formula is C24H22N4OS2. The number of amides is 1. The largest absolute Gasteiger partial charge is 0.324 e. The Morgan fingerprint density at radius 3 is 2.26 bits per heavy atom. The van der Waals surface area contributed by atoms with Crippen LogP contribution in [0.25, 0.3) is 17.1 Å². The fourth-order valence-electron chi connectivity index (χ4n) is 3.12. The fourth-order valence-corrected chi connectivity index (χ4v) is 4.55. The van der Waals surface area contributed by atoms with Crippen LogP contribution in [0.4, 0.5) is 5.69 Å². The van der Waals surface area contributed by atoms with E-state index in [1.54, 1.807) is 11.8 Å². The molecule has 1 amide bonds. The highest BCUT2D eigenvalue weighted by molar-refractivity contribution is 8.00. The zero-order valence-corrected chi connectivity index (χ0v) is 18.9. The van der Waals surface area contributed by atoms with Gasteiger partial charge < -0.3 is 5.32 Å². The first kappa shape index (κ1) is 21.2. The predicted octanol–water partition coefficient (Wildman–Crippen LogP) is 5.78. The van der Waals surface area contributed by atoms with E-state index in [-0.39, 0.29) is 11.2 Å². The fraction of sp³-hybridized carbons (Fsp3) is 0.125. The number of anilines is 1. The summed E-state index contributed by atoms with van der Waals surface area (Å²) in [7, 11) is 0. The molecule has 0 saturated heterocycles. The summed E-state index contributed by atoms with van der Waals surface area (Å²) < 4.78 is 2.00. The van der Waals surface area contributed by atoms with Gasteiger partial charge in [0.25, 0.3) is 0 Å². The van der Waals surface area contributed by atoms with Gasteiger partial charge in [-0.3, -0.25) is 9.36 Å². The van der Waals surface area contributed by atoms with Crippen molar-refractivity contribution in [2.24, 2.45) is 0 Å². The molecule has 0 spiro atoms. The summed E-state index contributed by atoms with van der Waals surface area (Å²) >= 11 is 3.00. The van der Waals surface area contributed by atoms with Gasteiger partial charge in [0.15, 0.2) is 11.0 Å². The van der Waals surface area contributed by atoms with E-state index >= 15 is 0 Å². The maximum Gasteiger partial charge on any atom is 0.237 e. The van der Waals surface area contributed by atoms with Crippen LogP contribution in [0.1, 0.15) is 6.92 Å². The van der Waals surface area contributed by atoms with E-state index in [1.165, 1.54) is 11.8 Å². The Bertz CT molecular complexity index is 1160. The molecule has 0 aliphatic heterocycles. The van der Waals surface area contributed by atoms with E-state index < -0.39 is 0 Å². The van der Waals surface area contributed by atoms with Gasteiger partial charge in [0.05, 0.1) is 10.9 Å². The lowest BCUT2D eigenvalue weighted by Crippen LogP contribution is -2.23. The van der Waals surface area contributed by atoms with E-state index in [1.807, 2.05) is 103 Å². The highest BCUT2D eigenvalue weighted by Gasteiger charge is 2.22. The third kappa shape index (κ3) is 4.84. The van der Waals surface area contributed by atoms with Crippen molar-refractivity contribution < 1.29 is 4.79 Å². The van der Waals surface area contributed by atoms with Gasteiger partial charge >= 0.3 is 0 Å². The molecule has 7 heteroatoms. The second kappa shape index (κ2) is 9.85. The topological polar surface area (TPSA) is 59.8 Å². The zero-order chi connectivity index (χ0) is 21.6. The first-order valence-corrected chi connectivity index (χ1v) is 11.9. The highest BCUT2D eigenvalue weighted by Crippen LogP contribution is 2.31. The normalized spacial score (nSPS) is 11.8. The number of nitrogens with one attached hydrogen (secondary N) is 1. The average Bonchev–Trinajstić information content (AvgIpc) is 3.24. The summed E-state index contributed by atoms with van der Waals surface area (Å²) in [6.45, 7) is 1.88. The Morgan fingerprint density at radius 2 is 1.55 bits per heavy atom. The molecule has 0 aliphatic carbocycles. The van der Waals surface area contributed by atoms with E-state index in [9.17, 15) is 4.79 Å². The summed E-state index contributed by atoms with van der Waals surface area (Å²) in [5.41, 5.74) is 2.74. The summed E-state index contributed by atoms with van der Waals surface area (Å²) in [5, 5.41) is 12.2. The molecule has 4 rings (SSSR count). The van der Waals surface area contributed by atoms with Crippen LogP contribution in [0.2, 0.25) is 0 Å². The minimum atomic E-state index is -0.356. The van der Waals surface area contributed by atoms with Crippen molar-refractivity contribution in [3.63, 3.8) is 0 Å². The zero-order valence-electron chi connectivity index (χ0n) is 17.2. The van der Waals surface area contributed by atoms with Crippen molar-refractivity contribution in [1.29, 1.82) is 0 Å². The molecule has 1 N–H and O–H groups in total. The Balaban J connectivity index is 1.62. The number of carbonyl (C=O) groups excluding carboxylic acids is 1. The van der Waals surface area contributed by atoms with Crippen molar-refractivity contribution in [2.75, 3.05) is 11.6 Å². The lowest BCUT2D eigenvalue weighted by molar-refractivity contribution is -0.115. The summed E-state index contributed by atoms with van der Waals surface area (Å²) in [5.74, 6) is 0.671. The van der Waals surface area contributed by atoms with Crippen LogP contribution in [0.3, 0.4) is 0 Å². The average molecular weight is 447 g/mol. The van der Waals surface area contributed by atoms with Gasteiger partial charge in [0.1, 0.15) is 0 Å². The Kier molecular flexibility index (Phi) is 6.74. The quantitative estimate of drug-likeness (QED) is 0.365. The van der Waals surface area contributed by atoms with Crippen LogP contribution in [0.15, 0.2) is 95.0 Å². The highest BCUT2D eigenvalue weighted by atomic mass is 32.2. The van der Waals surface area contributed by atoms with Crippen LogP contribution in [-0.4, -0.2) is 32.2 Å². The van der Waals surface area contributed by atoms with Crippen LogP contribution in [0, 0.1) is 0 Å². The third-order valence-electron chi connectivity index (χ3n) is 4.70. The molecule has 0 radical (unpaired) electrons. The summed E-state index contributed by atoms with van der Waals surface area (Å²) in [4.78, 5) is 13.9. The standard InChI is InChI=1S/C24H22N4OS2/c1-17(23(29)25-20-15-9-10-16-21(20)30-2)31-24-27-26-22(18-11-5-3-6-12-18)28(24)19-13-7-4-8-14-19/h3-17H,1-2H3,(H,25,29). The maximum absolute atomic E-state index is 12.9. The second-order valence-corrected chi connectivity index (χ2v) is 8.95. The van der Waals surface area contributed by atoms with E-state index in [0.29, 0.717) is 5.16 Å². The first-order chi connectivity index (χ1) is 15.2. The monoisotopic (exact) mass is 446 g/mol. The SMILES string of the molecule is CSc1ccccc1NC(=O)C(C)Sc1nnc(-c2ccccc2)n1-c1ccccc1. The molecule has 1 atom stereocenters. The predicted molar refractivity (Wildman–Crippen MR) is 129 cm³/mol. The first-order valence-electron chi connectivity index (χ1n) is 9.84. The van der Waals surface area contributed by atoms with E-state index in [2.05, 4.69) is 15.5 Å². The van der Waals surface area contributed by atoms with Crippen LogP contribution < -0.4 is 5.32 Å². The summed E-state index contributed by atoms with van der Waals surface area (Å²) in [6, 6.07) is 27.7. The molecule has 4 aromatic rings. The number of thioether (sulfide) groups is 2. The van der Waals surface area contributed by atoms with Crippen molar-refractivity contribution in [2.45, 2.75) is 22.2 Å². The number of carbonyl (C=O) groups is 1. The number of hydrogen-bond acceptors (Lipinski definition) is 5. The molecule has 1 aromatic heterocycles. The third-order valence-corrected chi connectivity index (χ3v) is 6.53. The number of rotatable bonds is 7. The molecule has 0 fully saturated rings. The lowest BCUT2D eigenvalue weighted by Gasteiger charge is -2.15. The molecular weight excluding hydrogens is 424 g/mol. The lowest BCUT2D eigenvalue weighted by atomic mass is 10.2. The minimum Gasteiger partial charge on any atom is -0.324 e. The number of benzene rings is 3. The molecule has 5 nitrogen and oxygen atoms in total. The van der Waals surface area contributed by atoms with Gasteiger partial charge in [0, 0.05) is 16.1 Å². The van der Waals surface area contributed by atoms with Gasteiger partial charge in [-0.25, -0.2) is 0 Å². The number of para-hydroxylation sites is 2. The second-order valence-electron chi connectivity index (χ2n) is 6.79. The Morgan fingerprint density at radius 1 is 0.903 bits per heavy atom. The molecule has 1 heterocycles. The number of aromatic nitrogens is 3. The molecule has 0 aliphatic rings. The smallest absolute Gasteiger partial charge is 0.237 e. The van der Waals surface area contributed by atoms with Gasteiger partial charge in [-0.1, -0.05) is 72.4 Å². The van der Waals surface area contributed by atoms with Crippen molar-refractivity contribution in [3.8, 4) is 17.1 Å². The Labute approximate surface area is 190 Å². The summed E-state index contributed by atoms with van der Waals surface area (Å²) in [6.07, 6.45) is 2.00. The molecule has 1 unspecified atom stereocenters. The van der Waals surface area contributed by atoms with Crippen molar-refractivity contribution >= 4 is 35.1 Å². The van der Waals surface area contributed by atoms with E-state index in [0.717, 1.165) is 27.7 Å². The van der Waals surface area contributed by atoms with Crippen LogP contribution >= 0.6 is 23.5 Å². The van der Waals surface area contributed by atoms with Gasteiger partial charge in [-0.15, -0.1) is 22.0 Å². The molecule has 31 heavy (non-hydrogen) atoms. The van der Waals surface area contributed by atoms with Crippen molar-refractivity contribution in [1.82, 2.24) is 14.8 Å². The van der Waals surface area contributed by atoms with E-state index in [4.69, 9.17) is 0 Å². The van der Waals surface area contributed by atoms with Crippen LogP contribution in [-0.2, 0) is 4.79 Å². The van der Waals surface area contributed by atoms with Gasteiger partial charge in [0.2, 0.25) is 5.91 Å². The van der Waals surface area contributed by atoms with Crippen molar-refractivity contribution in [3.05, 3.63) is 84.9 Å². The molecule has 156 valence electrons. The molecule has 0 bridgehead atoms. The van der Waals surface area contributed by atoms with Gasteiger partial charge in [-0.05, 0) is 37.4 Å². The maximum atomic E-state index is 12.9. The Hall–Kier alpha value is -3.03. The number of hydrogen-bond donors (Lipinski definition) is 1.